The van der Waals surface area contributed by atoms with Crippen LogP contribution in [0.3, 0.4) is 0 Å². The summed E-state index contributed by atoms with van der Waals surface area (Å²) in [5.41, 5.74) is 8.60. The molecule has 0 aliphatic heterocycles. The fourth-order valence-electron chi connectivity index (χ4n) is 4.59. The lowest BCUT2D eigenvalue weighted by atomic mass is 9.88. The van der Waals surface area contributed by atoms with Crippen LogP contribution in [0.2, 0.25) is 0 Å². The van der Waals surface area contributed by atoms with E-state index in [9.17, 15) is 24.0 Å². The van der Waals surface area contributed by atoms with Crippen molar-refractivity contribution < 1.29 is 33.8 Å². The lowest BCUT2D eigenvalue weighted by Gasteiger charge is -2.28. The number of aldehydes is 1. The fraction of sp³-hybridized carbons (Fsp3) is 0.393. The molecule has 5 N–H and O–H groups in total. The summed E-state index contributed by atoms with van der Waals surface area (Å²) in [6.45, 7) is 4.84. The predicted molar refractivity (Wildman–Crippen MR) is 139 cm³/mol. The molecule has 2 aromatic rings. The Labute approximate surface area is 220 Å². The Balaban J connectivity index is 1.62. The zero-order valence-electron chi connectivity index (χ0n) is 21.6. The van der Waals surface area contributed by atoms with Gasteiger partial charge in [-0.1, -0.05) is 62.4 Å². The summed E-state index contributed by atoms with van der Waals surface area (Å²) >= 11 is 0. The zero-order chi connectivity index (χ0) is 28.0. The Hall–Kier alpha value is -4.05. The highest BCUT2D eigenvalue weighted by molar-refractivity contribution is 5.96. The first-order valence-corrected chi connectivity index (χ1v) is 12.4. The zero-order valence-corrected chi connectivity index (χ0v) is 21.6. The standard InChI is InChI=1S/C28H33N3O7/c1-16(2)25(23(33)13-28(3,29)26(36)30-17(14-32)12-24(34)35)31-27(37)38-15-22-20-10-6-4-8-18(20)19-9-5-7-11-21(19)22/h4-11,14,16-17,22,25H,12-13,15,29H2,1-3H3,(H,30,36)(H,31,37)(H,34,35)/t17?,25-,28?/m0/s1. The van der Waals surface area contributed by atoms with E-state index in [1.165, 1.54) is 6.92 Å². The first kappa shape index (κ1) is 28.5. The molecule has 0 aromatic heterocycles. The smallest absolute Gasteiger partial charge is 0.407 e. The van der Waals surface area contributed by atoms with Crippen molar-refractivity contribution in [1.29, 1.82) is 0 Å². The van der Waals surface area contributed by atoms with Gasteiger partial charge in [-0.3, -0.25) is 14.4 Å². The molecule has 202 valence electrons. The number of ether oxygens (including phenoxy) is 1. The maximum Gasteiger partial charge on any atom is 0.407 e. The molecule has 0 radical (unpaired) electrons. The van der Waals surface area contributed by atoms with Gasteiger partial charge in [0, 0.05) is 12.3 Å². The van der Waals surface area contributed by atoms with Gasteiger partial charge in [-0.05, 0) is 35.1 Å². The molecule has 3 atom stereocenters. The molecule has 2 amide bonds. The van der Waals surface area contributed by atoms with Gasteiger partial charge in [0.25, 0.3) is 0 Å². The Morgan fingerprint density at radius 2 is 1.58 bits per heavy atom. The number of ketones is 1. The molecule has 2 aromatic carbocycles. The Morgan fingerprint density at radius 3 is 2.08 bits per heavy atom. The van der Waals surface area contributed by atoms with Crippen LogP contribution >= 0.6 is 0 Å². The second kappa shape index (κ2) is 12.0. The summed E-state index contributed by atoms with van der Waals surface area (Å²) in [6, 6.07) is 13.6. The summed E-state index contributed by atoms with van der Waals surface area (Å²) in [6.07, 6.45) is -1.55. The third kappa shape index (κ3) is 6.63. The van der Waals surface area contributed by atoms with E-state index in [1.807, 2.05) is 48.5 Å². The molecular formula is C28H33N3O7. The first-order chi connectivity index (χ1) is 17.9. The van der Waals surface area contributed by atoms with E-state index >= 15 is 0 Å². The van der Waals surface area contributed by atoms with Crippen LogP contribution in [0.25, 0.3) is 11.1 Å². The molecule has 0 saturated heterocycles. The van der Waals surface area contributed by atoms with E-state index in [2.05, 4.69) is 10.6 Å². The number of amides is 2. The van der Waals surface area contributed by atoms with Gasteiger partial charge >= 0.3 is 12.1 Å². The van der Waals surface area contributed by atoms with Gasteiger partial charge in [0.1, 0.15) is 12.9 Å². The van der Waals surface area contributed by atoms with Gasteiger partial charge in [0.15, 0.2) is 5.78 Å². The van der Waals surface area contributed by atoms with Gasteiger partial charge in [0.2, 0.25) is 5.91 Å². The highest BCUT2D eigenvalue weighted by Crippen LogP contribution is 2.44. The molecule has 0 spiro atoms. The Kier molecular flexibility index (Phi) is 9.00. The number of aliphatic carboxylic acids is 1. The molecular weight excluding hydrogens is 490 g/mol. The van der Waals surface area contributed by atoms with Crippen molar-refractivity contribution in [2.24, 2.45) is 11.7 Å². The van der Waals surface area contributed by atoms with E-state index in [-0.39, 0.29) is 18.4 Å². The average molecular weight is 524 g/mol. The van der Waals surface area contributed by atoms with Crippen molar-refractivity contribution in [3.63, 3.8) is 0 Å². The number of carboxylic acids is 1. The third-order valence-electron chi connectivity index (χ3n) is 6.57. The summed E-state index contributed by atoms with van der Waals surface area (Å²) < 4.78 is 5.54. The van der Waals surface area contributed by atoms with Crippen molar-refractivity contribution in [2.75, 3.05) is 6.61 Å². The maximum absolute atomic E-state index is 13.1. The second-order valence-electron chi connectivity index (χ2n) is 10.1. The number of Topliss-reactive ketones (excluding diaryl/α,β-unsaturated/α-hetero) is 1. The largest absolute Gasteiger partial charge is 0.481 e. The Morgan fingerprint density at radius 1 is 1.03 bits per heavy atom. The van der Waals surface area contributed by atoms with Gasteiger partial charge in [-0.25, -0.2) is 4.79 Å². The van der Waals surface area contributed by atoms with Crippen LogP contribution < -0.4 is 16.4 Å². The summed E-state index contributed by atoms with van der Waals surface area (Å²) in [7, 11) is 0. The molecule has 2 unspecified atom stereocenters. The van der Waals surface area contributed by atoms with Crippen LogP contribution in [0.1, 0.15) is 50.7 Å². The normalized spacial score (nSPS) is 15.4. The minimum Gasteiger partial charge on any atom is -0.481 e. The molecule has 1 aliphatic carbocycles. The van der Waals surface area contributed by atoms with Crippen LogP contribution in [0, 0.1) is 5.92 Å². The number of hydrogen-bond acceptors (Lipinski definition) is 7. The molecule has 0 fully saturated rings. The fourth-order valence-corrected chi connectivity index (χ4v) is 4.59. The molecule has 38 heavy (non-hydrogen) atoms. The molecule has 0 saturated carbocycles. The highest BCUT2D eigenvalue weighted by Gasteiger charge is 2.37. The van der Waals surface area contributed by atoms with Gasteiger partial charge in [0.05, 0.1) is 24.0 Å². The number of hydrogen-bond donors (Lipinski definition) is 4. The topological polar surface area (TPSA) is 165 Å². The number of fused-ring (bicyclic) bond motifs is 3. The van der Waals surface area contributed by atoms with Crippen LogP contribution in [-0.2, 0) is 23.9 Å². The highest BCUT2D eigenvalue weighted by atomic mass is 16.5. The molecule has 0 bridgehead atoms. The van der Waals surface area contributed by atoms with E-state index in [4.69, 9.17) is 15.6 Å². The average Bonchev–Trinajstić information content (AvgIpc) is 3.18. The number of nitrogens with two attached hydrogens (primary N) is 1. The monoisotopic (exact) mass is 523 g/mol. The van der Waals surface area contributed by atoms with Gasteiger partial charge in [-0.15, -0.1) is 0 Å². The molecule has 3 rings (SSSR count). The molecule has 1 aliphatic rings. The van der Waals surface area contributed by atoms with Crippen LogP contribution in [0.15, 0.2) is 48.5 Å². The minimum atomic E-state index is -1.74. The lowest BCUT2D eigenvalue weighted by Crippen LogP contribution is -2.57. The van der Waals surface area contributed by atoms with Crippen molar-refractivity contribution in [3.8, 4) is 11.1 Å². The quantitative estimate of drug-likeness (QED) is 0.308. The summed E-state index contributed by atoms with van der Waals surface area (Å²) in [5.74, 6) is -3.11. The number of benzene rings is 2. The minimum absolute atomic E-state index is 0.0759. The number of alkyl carbamates (subject to hydrolysis) is 1. The van der Waals surface area contributed by atoms with Gasteiger partial charge < -0.3 is 31.0 Å². The second-order valence-corrected chi connectivity index (χ2v) is 10.1. The molecule has 10 nitrogen and oxygen atoms in total. The number of rotatable bonds is 12. The van der Waals surface area contributed by atoms with E-state index in [0.717, 1.165) is 22.3 Å². The third-order valence-corrected chi connectivity index (χ3v) is 6.57. The van der Waals surface area contributed by atoms with Gasteiger partial charge in [-0.2, -0.15) is 0 Å². The van der Waals surface area contributed by atoms with Crippen molar-refractivity contribution >= 4 is 30.0 Å². The van der Waals surface area contributed by atoms with Crippen molar-refractivity contribution in [1.82, 2.24) is 10.6 Å². The Bertz CT molecular complexity index is 1180. The SMILES string of the molecule is CC(C)[C@H](NC(=O)OCC1c2ccccc2-c2ccccc21)C(=O)CC(C)(N)C(=O)NC(C=O)CC(=O)O. The van der Waals surface area contributed by atoms with Crippen LogP contribution in [-0.4, -0.2) is 59.4 Å². The predicted octanol–water partition coefficient (Wildman–Crippen LogP) is 2.38. The maximum atomic E-state index is 13.1. The van der Waals surface area contributed by atoms with Crippen molar-refractivity contribution in [3.05, 3.63) is 59.7 Å². The lowest BCUT2D eigenvalue weighted by molar-refractivity contribution is -0.139. The van der Waals surface area contributed by atoms with Crippen LogP contribution in [0.5, 0.6) is 0 Å². The molecule has 10 heteroatoms. The summed E-state index contributed by atoms with van der Waals surface area (Å²) in [4.78, 5) is 60.3. The summed E-state index contributed by atoms with van der Waals surface area (Å²) in [5, 5.41) is 13.7. The van der Waals surface area contributed by atoms with E-state index in [0.29, 0.717) is 6.29 Å². The van der Waals surface area contributed by atoms with Crippen molar-refractivity contribution in [2.45, 2.75) is 57.2 Å². The van der Waals surface area contributed by atoms with E-state index in [1.54, 1.807) is 13.8 Å². The number of nitrogens with one attached hydrogen (secondary N) is 2. The van der Waals surface area contributed by atoms with E-state index < -0.39 is 54.2 Å². The number of carboxylic acid groups (broad SMARTS) is 1. The number of carbonyl (C=O) groups is 5. The molecule has 0 heterocycles. The van der Waals surface area contributed by atoms with Crippen LogP contribution in [0.4, 0.5) is 4.79 Å². The number of carbonyl (C=O) groups excluding carboxylic acids is 4. The first-order valence-electron chi connectivity index (χ1n) is 12.4.